The molecule has 0 bridgehead atoms. The minimum atomic E-state index is -0.352. The Morgan fingerprint density at radius 1 is 1.08 bits per heavy atom. The maximum Gasteiger partial charge on any atom is 0.147 e. The van der Waals surface area contributed by atoms with Crippen LogP contribution in [-0.2, 0) is 6.54 Å². The molecule has 2 atom stereocenters. The maximum atomic E-state index is 13.2. The summed E-state index contributed by atoms with van der Waals surface area (Å²) in [5.41, 5.74) is 1.05. The van der Waals surface area contributed by atoms with E-state index < -0.39 is 0 Å². The van der Waals surface area contributed by atoms with Crippen molar-refractivity contribution in [1.82, 2.24) is 19.7 Å². The second kappa shape index (κ2) is 5.88. The van der Waals surface area contributed by atoms with Crippen molar-refractivity contribution in [3.05, 3.63) is 47.3 Å². The average Bonchev–Trinajstić information content (AvgIpc) is 3.53. The van der Waals surface area contributed by atoms with Crippen molar-refractivity contribution in [2.24, 2.45) is 0 Å². The number of aliphatic hydroxyl groups excluding tert-OH is 1. The standard InChI is InChI=1S/C19H23FN4O/c20-14-5-3-12(4-6-14)17-9-16(25)10-23(17)11-18-21-22-19(13-1-2-13)24(18)15-7-8-15/h3-6,13,15-17,25H,1-2,7-11H2/t16-,17-/m1/s1. The quantitative estimate of drug-likeness (QED) is 0.908. The van der Waals surface area contributed by atoms with Gasteiger partial charge in [-0.2, -0.15) is 0 Å². The predicted octanol–water partition coefficient (Wildman–Crippen LogP) is 2.94. The second-order valence-electron chi connectivity index (χ2n) is 7.74. The van der Waals surface area contributed by atoms with Gasteiger partial charge in [0.2, 0.25) is 0 Å². The van der Waals surface area contributed by atoms with Crippen molar-refractivity contribution in [3.63, 3.8) is 0 Å². The molecule has 0 spiro atoms. The zero-order valence-electron chi connectivity index (χ0n) is 14.2. The molecule has 3 aliphatic rings. The fourth-order valence-corrected chi connectivity index (χ4v) is 4.06. The van der Waals surface area contributed by atoms with Gasteiger partial charge < -0.3 is 9.67 Å². The molecule has 5 rings (SSSR count). The molecule has 1 N–H and O–H groups in total. The Labute approximate surface area is 146 Å². The van der Waals surface area contributed by atoms with E-state index in [1.165, 1.54) is 37.8 Å². The van der Waals surface area contributed by atoms with E-state index in [4.69, 9.17) is 0 Å². The Balaban J connectivity index is 1.41. The van der Waals surface area contributed by atoms with Gasteiger partial charge in [0.1, 0.15) is 17.5 Å². The van der Waals surface area contributed by atoms with E-state index in [9.17, 15) is 9.50 Å². The molecule has 0 amide bonds. The van der Waals surface area contributed by atoms with Crippen molar-refractivity contribution in [3.8, 4) is 0 Å². The second-order valence-corrected chi connectivity index (χ2v) is 7.74. The number of aliphatic hydroxyl groups is 1. The van der Waals surface area contributed by atoms with Crippen LogP contribution in [0.25, 0.3) is 0 Å². The summed E-state index contributed by atoms with van der Waals surface area (Å²) in [5, 5.41) is 19.2. The van der Waals surface area contributed by atoms with Gasteiger partial charge in [-0.15, -0.1) is 10.2 Å². The first-order chi connectivity index (χ1) is 12.2. The van der Waals surface area contributed by atoms with Crippen molar-refractivity contribution in [2.75, 3.05) is 6.54 Å². The van der Waals surface area contributed by atoms with Crippen LogP contribution in [0.2, 0.25) is 0 Å². The number of likely N-dealkylation sites (tertiary alicyclic amines) is 1. The van der Waals surface area contributed by atoms with Gasteiger partial charge in [0, 0.05) is 24.5 Å². The van der Waals surface area contributed by atoms with Crippen LogP contribution in [0.15, 0.2) is 24.3 Å². The van der Waals surface area contributed by atoms with E-state index in [2.05, 4.69) is 19.7 Å². The summed E-state index contributed by atoms with van der Waals surface area (Å²) in [4.78, 5) is 2.26. The molecule has 5 nitrogen and oxygen atoms in total. The van der Waals surface area contributed by atoms with Crippen molar-refractivity contribution < 1.29 is 9.50 Å². The van der Waals surface area contributed by atoms with Crippen LogP contribution in [0, 0.1) is 5.82 Å². The summed E-state index contributed by atoms with van der Waals surface area (Å²) >= 11 is 0. The lowest BCUT2D eigenvalue weighted by Gasteiger charge is -2.24. The fraction of sp³-hybridized carbons (Fsp3) is 0.579. The smallest absolute Gasteiger partial charge is 0.147 e. The van der Waals surface area contributed by atoms with E-state index in [-0.39, 0.29) is 18.0 Å². The number of β-amino-alcohol motifs (C(OH)–C–C–N with tert-alkyl or cyclic N) is 1. The number of hydrogen-bond donors (Lipinski definition) is 1. The zero-order chi connectivity index (χ0) is 17.0. The van der Waals surface area contributed by atoms with Gasteiger partial charge in [0.05, 0.1) is 12.6 Å². The van der Waals surface area contributed by atoms with Crippen LogP contribution < -0.4 is 0 Å². The summed E-state index contributed by atoms with van der Waals surface area (Å²) < 4.78 is 15.6. The van der Waals surface area contributed by atoms with Crippen LogP contribution in [0.4, 0.5) is 4.39 Å². The molecule has 2 aliphatic carbocycles. The fourth-order valence-electron chi connectivity index (χ4n) is 4.06. The van der Waals surface area contributed by atoms with Crippen LogP contribution in [0.3, 0.4) is 0 Å². The van der Waals surface area contributed by atoms with E-state index >= 15 is 0 Å². The van der Waals surface area contributed by atoms with Gasteiger partial charge in [-0.1, -0.05) is 12.1 Å². The molecule has 0 unspecified atom stereocenters. The molecule has 132 valence electrons. The number of aromatic nitrogens is 3. The van der Waals surface area contributed by atoms with Gasteiger partial charge in [0.25, 0.3) is 0 Å². The molecule has 6 heteroatoms. The molecule has 2 saturated carbocycles. The first kappa shape index (κ1) is 15.5. The van der Waals surface area contributed by atoms with E-state index in [0.717, 1.165) is 17.2 Å². The third kappa shape index (κ3) is 2.98. The minimum absolute atomic E-state index is 0.101. The van der Waals surface area contributed by atoms with Crippen LogP contribution in [-0.4, -0.2) is 37.4 Å². The van der Waals surface area contributed by atoms with Crippen LogP contribution >= 0.6 is 0 Å². The number of halogens is 1. The lowest BCUT2D eigenvalue weighted by Crippen LogP contribution is -2.26. The van der Waals surface area contributed by atoms with Gasteiger partial charge in [-0.3, -0.25) is 4.90 Å². The highest BCUT2D eigenvalue weighted by Gasteiger charge is 2.38. The number of rotatable bonds is 5. The Morgan fingerprint density at radius 2 is 1.84 bits per heavy atom. The normalized spacial score (nSPS) is 27.1. The predicted molar refractivity (Wildman–Crippen MR) is 90.4 cm³/mol. The molecule has 0 radical (unpaired) electrons. The average molecular weight is 342 g/mol. The third-order valence-electron chi connectivity index (χ3n) is 5.63. The van der Waals surface area contributed by atoms with Crippen molar-refractivity contribution in [2.45, 2.75) is 62.8 Å². The summed E-state index contributed by atoms with van der Waals surface area (Å²) in [6.45, 7) is 1.31. The summed E-state index contributed by atoms with van der Waals surface area (Å²) in [6.07, 6.45) is 5.22. The topological polar surface area (TPSA) is 54.2 Å². The summed E-state index contributed by atoms with van der Waals surface area (Å²) in [5.74, 6) is 2.55. The molecule has 2 aromatic rings. The van der Waals surface area contributed by atoms with Crippen LogP contribution in [0.1, 0.15) is 67.3 Å². The van der Waals surface area contributed by atoms with E-state index in [1.54, 1.807) is 0 Å². The first-order valence-corrected chi connectivity index (χ1v) is 9.30. The number of nitrogens with zero attached hydrogens (tertiary/aromatic N) is 4. The monoisotopic (exact) mass is 342 g/mol. The Morgan fingerprint density at radius 3 is 2.52 bits per heavy atom. The van der Waals surface area contributed by atoms with Crippen molar-refractivity contribution in [1.29, 1.82) is 0 Å². The van der Waals surface area contributed by atoms with Gasteiger partial charge in [-0.05, 0) is 49.8 Å². The maximum absolute atomic E-state index is 13.2. The molecule has 1 saturated heterocycles. The van der Waals surface area contributed by atoms with Gasteiger partial charge in [-0.25, -0.2) is 4.39 Å². The molecule has 1 aromatic heterocycles. The summed E-state index contributed by atoms with van der Waals surface area (Å²) in [6, 6.07) is 7.31. The largest absolute Gasteiger partial charge is 0.392 e. The Bertz CT molecular complexity index is 766. The molecule has 1 aromatic carbocycles. The number of hydrogen-bond acceptors (Lipinski definition) is 4. The molecule has 3 fully saturated rings. The zero-order valence-corrected chi connectivity index (χ0v) is 14.2. The van der Waals surface area contributed by atoms with Gasteiger partial charge in [0.15, 0.2) is 0 Å². The van der Waals surface area contributed by atoms with E-state index in [0.29, 0.717) is 31.5 Å². The molecular weight excluding hydrogens is 319 g/mol. The molecular formula is C19H23FN4O. The molecule has 25 heavy (non-hydrogen) atoms. The lowest BCUT2D eigenvalue weighted by atomic mass is 10.0. The Kier molecular flexibility index (Phi) is 3.64. The minimum Gasteiger partial charge on any atom is -0.392 e. The highest BCUT2D eigenvalue weighted by atomic mass is 19.1. The SMILES string of the molecule is O[C@@H]1C[C@H](c2ccc(F)cc2)N(Cc2nnc(C3CC3)n2C2CC2)C1. The number of benzene rings is 1. The Hall–Kier alpha value is -1.79. The van der Waals surface area contributed by atoms with Crippen molar-refractivity contribution >= 4 is 0 Å². The van der Waals surface area contributed by atoms with Gasteiger partial charge >= 0.3 is 0 Å². The lowest BCUT2D eigenvalue weighted by molar-refractivity contribution is 0.170. The highest BCUT2D eigenvalue weighted by Crippen LogP contribution is 2.45. The molecule has 2 heterocycles. The van der Waals surface area contributed by atoms with Crippen LogP contribution in [0.5, 0.6) is 0 Å². The third-order valence-corrected chi connectivity index (χ3v) is 5.63. The first-order valence-electron chi connectivity index (χ1n) is 9.30. The molecule has 1 aliphatic heterocycles. The van der Waals surface area contributed by atoms with E-state index in [1.807, 2.05) is 12.1 Å². The summed E-state index contributed by atoms with van der Waals surface area (Å²) in [7, 11) is 0. The highest BCUT2D eigenvalue weighted by molar-refractivity contribution is 5.22.